The van der Waals surface area contributed by atoms with E-state index in [-0.39, 0.29) is 36.0 Å². The first-order valence-electron chi connectivity index (χ1n) is 13.1. The highest BCUT2D eigenvalue weighted by Gasteiger charge is 2.36. The smallest absolute Gasteiger partial charge is 0.247 e. The van der Waals surface area contributed by atoms with E-state index in [1.165, 1.54) is 17.9 Å². The maximum atomic E-state index is 14.3. The van der Waals surface area contributed by atoms with Gasteiger partial charge in [-0.2, -0.15) is 0 Å². The second-order valence-electron chi connectivity index (χ2n) is 10.5. The number of aryl methyl sites for hydroxylation is 2. The van der Waals surface area contributed by atoms with Crippen molar-refractivity contribution in [2.45, 2.75) is 59.0 Å². The second kappa shape index (κ2) is 11.8. The molecule has 1 fully saturated rings. The molecule has 204 valence electrons. The Morgan fingerprint density at radius 3 is 2.44 bits per heavy atom. The zero-order valence-electron chi connectivity index (χ0n) is 22.6. The minimum atomic E-state index is -1.18. The minimum absolute atomic E-state index is 0.00151. The van der Waals surface area contributed by atoms with Gasteiger partial charge < -0.3 is 10.2 Å². The zero-order valence-corrected chi connectivity index (χ0v) is 22.6. The number of hydrogen-bond acceptors (Lipinski definition) is 4. The van der Waals surface area contributed by atoms with Gasteiger partial charge in [0, 0.05) is 37.3 Å². The molecule has 1 unspecified atom stereocenters. The number of likely N-dealkylation sites (tertiary alicyclic amines) is 1. The molecule has 1 aromatic heterocycles. The van der Waals surface area contributed by atoms with Crippen LogP contribution in [0.4, 0.5) is 8.78 Å². The van der Waals surface area contributed by atoms with E-state index in [4.69, 9.17) is 0 Å². The number of aromatic nitrogens is 1. The number of nitrogens with zero attached hydrogens (tertiary/aromatic N) is 2. The van der Waals surface area contributed by atoms with Crippen LogP contribution in [0.5, 0.6) is 0 Å². The van der Waals surface area contributed by atoms with E-state index in [0.29, 0.717) is 18.5 Å². The molecule has 0 spiro atoms. The van der Waals surface area contributed by atoms with Crippen molar-refractivity contribution in [3.63, 3.8) is 0 Å². The van der Waals surface area contributed by atoms with Crippen LogP contribution >= 0.6 is 0 Å². The number of rotatable bonds is 8. The zero-order chi connectivity index (χ0) is 28.3. The summed E-state index contributed by atoms with van der Waals surface area (Å²) >= 11 is 0. The van der Waals surface area contributed by atoms with Crippen molar-refractivity contribution in [2.24, 2.45) is 5.92 Å². The Morgan fingerprint density at radius 1 is 1.05 bits per heavy atom. The SMILES string of the molecule is CC(=O)C[C@H](NC(=O)[C@@H](c1ccc(F)c(F)c1)N1CC(C)CCC1=O)c1cncc(-c2c(C)cccc2C)c1. The first-order valence-corrected chi connectivity index (χ1v) is 13.1. The van der Waals surface area contributed by atoms with Crippen LogP contribution in [0.1, 0.15) is 67.4 Å². The molecule has 1 saturated heterocycles. The standard InChI is InChI=1S/C31H33F2N3O3/c1-18-8-11-28(38)36(17-18)30(22-9-10-25(32)26(33)14-22)31(39)35-27(12-21(4)37)23-13-24(16-34-15-23)29-19(2)6-5-7-20(29)3/h5-7,9-10,13-16,18,27,30H,8,11-12,17H2,1-4H3,(H,35,39)/t18?,27-,30+/m0/s1. The molecule has 3 aromatic rings. The highest BCUT2D eigenvalue weighted by atomic mass is 19.2. The molecular formula is C31H33F2N3O3. The van der Waals surface area contributed by atoms with Gasteiger partial charge >= 0.3 is 0 Å². The van der Waals surface area contributed by atoms with Crippen LogP contribution in [0.3, 0.4) is 0 Å². The molecule has 0 radical (unpaired) electrons. The number of halogens is 2. The number of piperidine rings is 1. The van der Waals surface area contributed by atoms with Crippen LogP contribution in [-0.4, -0.2) is 34.0 Å². The second-order valence-corrected chi connectivity index (χ2v) is 10.5. The maximum Gasteiger partial charge on any atom is 0.247 e. The highest BCUT2D eigenvalue weighted by molar-refractivity contribution is 5.90. The van der Waals surface area contributed by atoms with Crippen molar-refractivity contribution in [2.75, 3.05) is 6.54 Å². The first kappa shape index (κ1) is 28.1. The Labute approximate surface area is 227 Å². The van der Waals surface area contributed by atoms with E-state index < -0.39 is 29.6 Å². The monoisotopic (exact) mass is 533 g/mol. The number of hydrogen-bond donors (Lipinski definition) is 1. The van der Waals surface area contributed by atoms with Gasteiger partial charge in [-0.05, 0) is 79.1 Å². The van der Waals surface area contributed by atoms with Gasteiger partial charge in [0.1, 0.15) is 11.8 Å². The van der Waals surface area contributed by atoms with Crippen LogP contribution in [0, 0.1) is 31.4 Å². The number of amides is 2. The lowest BCUT2D eigenvalue weighted by Crippen LogP contribution is -2.48. The van der Waals surface area contributed by atoms with Crippen LogP contribution in [0.25, 0.3) is 11.1 Å². The number of nitrogens with one attached hydrogen (secondary N) is 1. The average molecular weight is 534 g/mol. The molecule has 2 heterocycles. The lowest BCUT2D eigenvalue weighted by Gasteiger charge is -2.37. The van der Waals surface area contributed by atoms with Gasteiger partial charge in [-0.3, -0.25) is 19.4 Å². The molecule has 8 heteroatoms. The Bertz CT molecular complexity index is 1390. The molecule has 3 atom stereocenters. The Kier molecular flexibility index (Phi) is 8.53. The van der Waals surface area contributed by atoms with Gasteiger partial charge in [0.05, 0.1) is 6.04 Å². The summed E-state index contributed by atoms with van der Waals surface area (Å²) in [5.41, 5.74) is 4.80. The predicted molar refractivity (Wildman–Crippen MR) is 145 cm³/mol. The van der Waals surface area contributed by atoms with Gasteiger partial charge in [-0.1, -0.05) is 31.2 Å². The number of pyridine rings is 1. The summed E-state index contributed by atoms with van der Waals surface area (Å²) in [5.74, 6) is -2.97. The summed E-state index contributed by atoms with van der Waals surface area (Å²) < 4.78 is 28.0. The van der Waals surface area contributed by atoms with Gasteiger partial charge in [0.25, 0.3) is 0 Å². The molecular weight excluding hydrogens is 500 g/mol. The number of benzene rings is 2. The molecule has 1 aliphatic heterocycles. The van der Waals surface area contributed by atoms with E-state index in [1.54, 1.807) is 12.4 Å². The number of carbonyl (C=O) groups excluding carboxylic acids is 3. The average Bonchev–Trinajstić information content (AvgIpc) is 2.88. The van der Waals surface area contributed by atoms with Crippen molar-refractivity contribution < 1.29 is 23.2 Å². The molecule has 2 aromatic carbocycles. The first-order chi connectivity index (χ1) is 18.5. The minimum Gasteiger partial charge on any atom is -0.347 e. The quantitative estimate of drug-likeness (QED) is 0.398. The maximum absolute atomic E-state index is 14.3. The summed E-state index contributed by atoms with van der Waals surface area (Å²) in [7, 11) is 0. The summed E-state index contributed by atoms with van der Waals surface area (Å²) in [6.45, 7) is 7.73. The Hall–Kier alpha value is -3.94. The van der Waals surface area contributed by atoms with Gasteiger partial charge in [0.2, 0.25) is 11.8 Å². The summed E-state index contributed by atoms with van der Waals surface area (Å²) in [4.78, 5) is 44.9. The molecule has 1 aliphatic rings. The van der Waals surface area contributed by atoms with E-state index >= 15 is 0 Å². The van der Waals surface area contributed by atoms with Crippen LogP contribution in [0.15, 0.2) is 54.9 Å². The van der Waals surface area contributed by atoms with Crippen molar-refractivity contribution in [1.29, 1.82) is 0 Å². The van der Waals surface area contributed by atoms with E-state index in [0.717, 1.165) is 34.4 Å². The third kappa shape index (κ3) is 6.38. The van der Waals surface area contributed by atoms with E-state index in [2.05, 4.69) is 10.3 Å². The topological polar surface area (TPSA) is 79.4 Å². The third-order valence-corrected chi connectivity index (χ3v) is 7.24. The van der Waals surface area contributed by atoms with Gasteiger partial charge in [-0.15, -0.1) is 0 Å². The lowest BCUT2D eigenvalue weighted by atomic mass is 9.93. The highest BCUT2D eigenvalue weighted by Crippen LogP contribution is 2.32. The van der Waals surface area contributed by atoms with Crippen molar-refractivity contribution >= 4 is 17.6 Å². The van der Waals surface area contributed by atoms with Gasteiger partial charge in [0.15, 0.2) is 11.6 Å². The molecule has 1 N–H and O–H groups in total. The number of Topliss-reactive ketones (excluding diaryl/α,β-unsaturated/α-hetero) is 1. The normalized spacial score (nSPS) is 17.0. The molecule has 4 rings (SSSR count). The number of ketones is 1. The van der Waals surface area contributed by atoms with Crippen molar-refractivity contribution in [3.05, 3.63) is 88.7 Å². The van der Waals surface area contributed by atoms with Gasteiger partial charge in [-0.25, -0.2) is 8.78 Å². The van der Waals surface area contributed by atoms with Crippen LogP contribution in [-0.2, 0) is 14.4 Å². The predicted octanol–water partition coefficient (Wildman–Crippen LogP) is 5.78. The Balaban J connectivity index is 1.72. The molecule has 0 bridgehead atoms. The molecule has 39 heavy (non-hydrogen) atoms. The Morgan fingerprint density at radius 2 is 1.77 bits per heavy atom. The fraction of sp³-hybridized carbons (Fsp3) is 0.355. The molecule has 2 amide bonds. The van der Waals surface area contributed by atoms with E-state index in [9.17, 15) is 23.2 Å². The molecule has 6 nitrogen and oxygen atoms in total. The van der Waals surface area contributed by atoms with Crippen LogP contribution in [0.2, 0.25) is 0 Å². The number of carbonyl (C=O) groups is 3. The summed E-state index contributed by atoms with van der Waals surface area (Å²) in [6, 6.07) is 9.19. The fourth-order valence-electron chi connectivity index (χ4n) is 5.29. The van der Waals surface area contributed by atoms with Crippen molar-refractivity contribution in [1.82, 2.24) is 15.2 Å². The molecule has 0 aliphatic carbocycles. The lowest BCUT2D eigenvalue weighted by molar-refractivity contribution is -0.144. The fourth-order valence-corrected chi connectivity index (χ4v) is 5.29. The van der Waals surface area contributed by atoms with E-state index in [1.807, 2.05) is 45.0 Å². The summed E-state index contributed by atoms with van der Waals surface area (Å²) in [5, 5.41) is 2.93. The molecule has 0 saturated carbocycles. The largest absolute Gasteiger partial charge is 0.347 e. The van der Waals surface area contributed by atoms with Crippen molar-refractivity contribution in [3.8, 4) is 11.1 Å². The third-order valence-electron chi connectivity index (χ3n) is 7.24. The van der Waals surface area contributed by atoms with Crippen LogP contribution < -0.4 is 5.32 Å². The summed E-state index contributed by atoms with van der Waals surface area (Å²) in [6.07, 6.45) is 4.28.